The first-order valence-corrected chi connectivity index (χ1v) is 7.03. The average molecular weight is 284 g/mol. The standard InChI is InChI=1S/C16H19F3O/c1-11-5-4-6-12(9-11)10-15(20)13-7-2-3-8-14(13)16(17,18)19/h4-6,9,13-14H,2-3,7-8,10H2,1H3. The molecule has 0 aromatic heterocycles. The number of Topliss-reactive ketones (excluding diaryl/α,β-unsaturated/α-hetero) is 1. The normalized spacial score (nSPS) is 23.6. The Balaban J connectivity index is 2.10. The van der Waals surface area contributed by atoms with Crippen molar-refractivity contribution in [3.8, 4) is 0 Å². The van der Waals surface area contributed by atoms with Crippen LogP contribution in [0, 0.1) is 18.8 Å². The van der Waals surface area contributed by atoms with Crippen molar-refractivity contribution >= 4 is 5.78 Å². The van der Waals surface area contributed by atoms with Crippen LogP contribution in [0.2, 0.25) is 0 Å². The van der Waals surface area contributed by atoms with E-state index in [1.54, 1.807) is 6.07 Å². The third kappa shape index (κ3) is 3.62. The lowest BCUT2D eigenvalue weighted by Crippen LogP contribution is -2.37. The molecule has 0 spiro atoms. The molecular weight excluding hydrogens is 265 g/mol. The van der Waals surface area contributed by atoms with Crippen LogP contribution in [0.15, 0.2) is 24.3 Å². The van der Waals surface area contributed by atoms with Crippen molar-refractivity contribution in [1.82, 2.24) is 0 Å². The van der Waals surface area contributed by atoms with Crippen molar-refractivity contribution in [2.75, 3.05) is 0 Å². The summed E-state index contributed by atoms with van der Waals surface area (Å²) >= 11 is 0. The molecule has 1 saturated carbocycles. The number of benzene rings is 1. The fourth-order valence-electron chi connectivity index (χ4n) is 3.06. The number of hydrogen-bond acceptors (Lipinski definition) is 1. The maximum atomic E-state index is 13.0. The van der Waals surface area contributed by atoms with Crippen LogP contribution >= 0.6 is 0 Å². The molecule has 0 saturated heterocycles. The number of carbonyl (C=O) groups excluding carboxylic acids is 1. The van der Waals surface area contributed by atoms with Gasteiger partial charge in [0, 0.05) is 12.3 Å². The number of ketones is 1. The molecule has 0 N–H and O–H groups in total. The van der Waals surface area contributed by atoms with Gasteiger partial charge in [0.1, 0.15) is 5.78 Å². The van der Waals surface area contributed by atoms with Crippen molar-refractivity contribution < 1.29 is 18.0 Å². The Morgan fingerprint density at radius 2 is 1.95 bits per heavy atom. The van der Waals surface area contributed by atoms with Gasteiger partial charge in [-0.3, -0.25) is 4.79 Å². The molecule has 1 aliphatic carbocycles. The van der Waals surface area contributed by atoms with Crippen LogP contribution in [-0.2, 0) is 11.2 Å². The summed E-state index contributed by atoms with van der Waals surface area (Å²) in [6.45, 7) is 1.91. The first kappa shape index (κ1) is 15.1. The van der Waals surface area contributed by atoms with E-state index in [1.807, 2.05) is 25.1 Å². The number of carbonyl (C=O) groups is 1. The minimum Gasteiger partial charge on any atom is -0.299 e. The van der Waals surface area contributed by atoms with Crippen LogP contribution in [0.4, 0.5) is 13.2 Å². The molecule has 0 bridgehead atoms. The highest BCUT2D eigenvalue weighted by molar-refractivity contribution is 5.83. The summed E-state index contributed by atoms with van der Waals surface area (Å²) in [5.41, 5.74) is 1.83. The van der Waals surface area contributed by atoms with Gasteiger partial charge in [0.25, 0.3) is 0 Å². The van der Waals surface area contributed by atoms with Gasteiger partial charge in [0.2, 0.25) is 0 Å². The smallest absolute Gasteiger partial charge is 0.299 e. The molecule has 1 aromatic rings. The highest BCUT2D eigenvalue weighted by Gasteiger charge is 2.47. The molecule has 110 valence electrons. The van der Waals surface area contributed by atoms with Crippen LogP contribution in [0.25, 0.3) is 0 Å². The summed E-state index contributed by atoms with van der Waals surface area (Å²) in [6.07, 6.45) is -2.40. The summed E-state index contributed by atoms with van der Waals surface area (Å²) in [7, 11) is 0. The summed E-state index contributed by atoms with van der Waals surface area (Å²) in [4.78, 5) is 12.2. The second-order valence-electron chi connectivity index (χ2n) is 5.67. The molecule has 1 aromatic carbocycles. The molecule has 0 amide bonds. The molecule has 2 atom stereocenters. The van der Waals surface area contributed by atoms with E-state index in [-0.39, 0.29) is 18.6 Å². The molecule has 0 aliphatic heterocycles. The molecule has 1 nitrogen and oxygen atoms in total. The summed E-state index contributed by atoms with van der Waals surface area (Å²) < 4.78 is 39.0. The number of rotatable bonds is 3. The Bertz CT molecular complexity index is 479. The maximum absolute atomic E-state index is 13.0. The Morgan fingerprint density at radius 3 is 2.60 bits per heavy atom. The zero-order chi connectivity index (χ0) is 14.8. The highest BCUT2D eigenvalue weighted by Crippen LogP contribution is 2.42. The Kier molecular flexibility index (Phi) is 4.51. The third-order valence-corrected chi connectivity index (χ3v) is 4.06. The number of aryl methyl sites for hydroxylation is 1. The summed E-state index contributed by atoms with van der Waals surface area (Å²) in [5, 5.41) is 0. The maximum Gasteiger partial charge on any atom is 0.392 e. The topological polar surface area (TPSA) is 17.1 Å². The minimum absolute atomic E-state index is 0.0910. The molecule has 0 heterocycles. The van der Waals surface area contributed by atoms with Crippen LogP contribution in [0.3, 0.4) is 0 Å². The fraction of sp³-hybridized carbons (Fsp3) is 0.562. The van der Waals surface area contributed by atoms with Gasteiger partial charge in [0.15, 0.2) is 0 Å². The molecule has 2 rings (SSSR count). The van der Waals surface area contributed by atoms with E-state index in [0.29, 0.717) is 12.8 Å². The van der Waals surface area contributed by atoms with Gasteiger partial charge < -0.3 is 0 Å². The zero-order valence-corrected chi connectivity index (χ0v) is 11.5. The third-order valence-electron chi connectivity index (χ3n) is 4.06. The second kappa shape index (κ2) is 5.98. The Hall–Kier alpha value is -1.32. The van der Waals surface area contributed by atoms with Gasteiger partial charge in [-0.25, -0.2) is 0 Å². The molecular formula is C16H19F3O. The quantitative estimate of drug-likeness (QED) is 0.800. The van der Waals surface area contributed by atoms with Gasteiger partial charge in [-0.1, -0.05) is 42.7 Å². The van der Waals surface area contributed by atoms with E-state index in [1.165, 1.54) is 0 Å². The van der Waals surface area contributed by atoms with Gasteiger partial charge >= 0.3 is 6.18 Å². The first-order valence-electron chi connectivity index (χ1n) is 7.03. The monoisotopic (exact) mass is 284 g/mol. The molecule has 0 radical (unpaired) electrons. The molecule has 1 aliphatic rings. The van der Waals surface area contributed by atoms with E-state index >= 15 is 0 Å². The van der Waals surface area contributed by atoms with Crippen molar-refractivity contribution in [2.24, 2.45) is 11.8 Å². The molecule has 1 fully saturated rings. The average Bonchev–Trinajstić information content (AvgIpc) is 2.37. The summed E-state index contributed by atoms with van der Waals surface area (Å²) in [5.74, 6) is -2.57. The van der Waals surface area contributed by atoms with Crippen molar-refractivity contribution in [3.05, 3.63) is 35.4 Å². The van der Waals surface area contributed by atoms with E-state index in [4.69, 9.17) is 0 Å². The molecule has 4 heteroatoms. The Labute approximate surface area is 117 Å². The lowest BCUT2D eigenvalue weighted by atomic mass is 9.75. The molecule has 2 unspecified atom stereocenters. The van der Waals surface area contributed by atoms with Gasteiger partial charge in [-0.15, -0.1) is 0 Å². The highest BCUT2D eigenvalue weighted by atomic mass is 19.4. The minimum atomic E-state index is -4.26. The number of hydrogen-bond donors (Lipinski definition) is 0. The summed E-state index contributed by atoms with van der Waals surface area (Å²) in [6, 6.07) is 7.41. The number of halogens is 3. The second-order valence-corrected chi connectivity index (χ2v) is 5.67. The van der Waals surface area contributed by atoms with E-state index in [2.05, 4.69) is 0 Å². The van der Waals surface area contributed by atoms with Crippen molar-refractivity contribution in [2.45, 2.75) is 45.2 Å². The fourth-order valence-corrected chi connectivity index (χ4v) is 3.06. The Morgan fingerprint density at radius 1 is 1.25 bits per heavy atom. The van der Waals surface area contributed by atoms with Crippen LogP contribution in [0.1, 0.15) is 36.8 Å². The van der Waals surface area contributed by atoms with Crippen molar-refractivity contribution in [3.63, 3.8) is 0 Å². The van der Waals surface area contributed by atoms with Crippen LogP contribution in [-0.4, -0.2) is 12.0 Å². The van der Waals surface area contributed by atoms with E-state index in [9.17, 15) is 18.0 Å². The van der Waals surface area contributed by atoms with E-state index in [0.717, 1.165) is 17.5 Å². The van der Waals surface area contributed by atoms with Gasteiger partial charge in [-0.2, -0.15) is 13.2 Å². The lowest BCUT2D eigenvalue weighted by molar-refractivity contribution is -0.197. The first-order chi connectivity index (χ1) is 9.38. The number of alkyl halides is 3. The van der Waals surface area contributed by atoms with Crippen molar-refractivity contribution in [1.29, 1.82) is 0 Å². The lowest BCUT2D eigenvalue weighted by Gasteiger charge is -2.32. The predicted molar refractivity (Wildman–Crippen MR) is 71.4 cm³/mol. The van der Waals surface area contributed by atoms with Gasteiger partial charge in [0.05, 0.1) is 5.92 Å². The largest absolute Gasteiger partial charge is 0.392 e. The predicted octanol–water partition coefficient (Wildman–Crippen LogP) is 4.48. The van der Waals surface area contributed by atoms with Gasteiger partial charge in [-0.05, 0) is 25.3 Å². The van der Waals surface area contributed by atoms with Crippen LogP contribution in [0.5, 0.6) is 0 Å². The SMILES string of the molecule is Cc1cccc(CC(=O)C2CCCCC2C(F)(F)F)c1. The van der Waals surface area contributed by atoms with Crippen LogP contribution < -0.4 is 0 Å². The van der Waals surface area contributed by atoms with E-state index < -0.39 is 18.0 Å². The zero-order valence-electron chi connectivity index (χ0n) is 11.5. The molecule has 20 heavy (non-hydrogen) atoms.